The number of hydrogen-bond donors (Lipinski definition) is 0. The van der Waals surface area contributed by atoms with Crippen LogP contribution < -0.4 is 4.90 Å². The van der Waals surface area contributed by atoms with Crippen molar-refractivity contribution in [3.05, 3.63) is 70.5 Å². The molecule has 0 N–H and O–H groups in total. The number of nitriles is 3. The van der Waals surface area contributed by atoms with Crippen molar-refractivity contribution >= 4 is 22.5 Å². The first-order valence-electron chi connectivity index (χ1n) is 12.2. The molecule has 0 aliphatic carbocycles. The van der Waals surface area contributed by atoms with Gasteiger partial charge in [-0.15, -0.1) is 0 Å². The average Bonchev–Trinajstić information content (AvgIpc) is 3.12. The number of hydrogen-bond acceptors (Lipinski definition) is 5. The molecule has 5 nitrogen and oxygen atoms in total. The summed E-state index contributed by atoms with van der Waals surface area (Å²) in [4.78, 5) is 2.50. The zero-order chi connectivity index (χ0) is 25.4. The van der Waals surface area contributed by atoms with Crippen LogP contribution in [0.25, 0.3) is 16.8 Å². The Balaban J connectivity index is 2.10. The normalized spacial score (nSPS) is 14.5. The van der Waals surface area contributed by atoms with E-state index < -0.39 is 5.60 Å². The van der Waals surface area contributed by atoms with Gasteiger partial charge in [0, 0.05) is 29.7 Å². The lowest BCUT2D eigenvalue weighted by Gasteiger charge is -2.26. The van der Waals surface area contributed by atoms with Crippen molar-refractivity contribution in [2.24, 2.45) is 0 Å². The number of anilines is 1. The van der Waals surface area contributed by atoms with Crippen molar-refractivity contribution in [3.63, 3.8) is 0 Å². The van der Waals surface area contributed by atoms with Crippen LogP contribution in [0.15, 0.2) is 65.0 Å². The minimum Gasteiger partial charge on any atom is -0.480 e. The zero-order valence-corrected chi connectivity index (χ0v) is 21.1. The van der Waals surface area contributed by atoms with Crippen LogP contribution in [-0.4, -0.2) is 18.7 Å². The highest BCUT2D eigenvalue weighted by Gasteiger charge is 2.38. The van der Waals surface area contributed by atoms with Gasteiger partial charge in [-0.1, -0.05) is 69.2 Å². The molecule has 0 spiro atoms. The Morgan fingerprint density at radius 3 is 2.11 bits per heavy atom. The van der Waals surface area contributed by atoms with Crippen LogP contribution in [0.2, 0.25) is 0 Å². The molecule has 1 aliphatic rings. The summed E-state index contributed by atoms with van der Waals surface area (Å²) in [5.41, 5.74) is 2.15. The maximum Gasteiger partial charge on any atom is 0.172 e. The molecule has 35 heavy (non-hydrogen) atoms. The number of fused-ring (bicyclic) bond motifs is 1. The Morgan fingerprint density at radius 2 is 1.54 bits per heavy atom. The van der Waals surface area contributed by atoms with Crippen LogP contribution in [0.4, 0.5) is 5.69 Å². The van der Waals surface area contributed by atoms with Crippen LogP contribution in [-0.2, 0) is 4.74 Å². The third-order valence-electron chi connectivity index (χ3n) is 6.33. The lowest BCUT2D eigenvalue weighted by Crippen LogP contribution is -2.25. The molecule has 1 heterocycles. The summed E-state index contributed by atoms with van der Waals surface area (Å²) in [7, 11) is 0. The molecule has 0 saturated heterocycles. The molecule has 5 heteroatoms. The van der Waals surface area contributed by atoms with E-state index >= 15 is 0 Å². The Morgan fingerprint density at radius 1 is 0.914 bits per heavy atom. The third kappa shape index (κ3) is 5.40. The predicted molar refractivity (Wildman–Crippen MR) is 141 cm³/mol. The fraction of sp³-hybridized carbons (Fsp3) is 0.367. The number of nitrogens with zero attached hydrogens (tertiary/aromatic N) is 4. The van der Waals surface area contributed by atoms with Crippen LogP contribution in [0.3, 0.4) is 0 Å². The van der Waals surface area contributed by atoms with Crippen molar-refractivity contribution in [2.45, 2.75) is 59.0 Å². The highest BCUT2D eigenvalue weighted by molar-refractivity contribution is 5.99. The minimum atomic E-state index is -0.831. The van der Waals surface area contributed by atoms with E-state index in [1.165, 1.54) is 11.1 Å². The molecule has 0 fully saturated rings. The first kappa shape index (κ1) is 25.6. The zero-order valence-electron chi connectivity index (χ0n) is 21.1. The summed E-state index contributed by atoms with van der Waals surface area (Å²) >= 11 is 0. The van der Waals surface area contributed by atoms with Crippen molar-refractivity contribution in [3.8, 4) is 18.2 Å². The van der Waals surface area contributed by atoms with Gasteiger partial charge in [0.15, 0.2) is 11.3 Å². The summed E-state index contributed by atoms with van der Waals surface area (Å²) < 4.78 is 5.89. The van der Waals surface area contributed by atoms with Gasteiger partial charge in [0.05, 0.1) is 0 Å². The molecule has 1 aliphatic heterocycles. The topological polar surface area (TPSA) is 83.8 Å². The third-order valence-corrected chi connectivity index (χ3v) is 6.33. The Bertz CT molecular complexity index is 1280. The first-order valence-corrected chi connectivity index (χ1v) is 12.2. The van der Waals surface area contributed by atoms with Gasteiger partial charge in [-0.2, -0.15) is 15.8 Å². The molecule has 0 radical (unpaired) electrons. The molecule has 0 unspecified atom stereocenters. The van der Waals surface area contributed by atoms with Crippen molar-refractivity contribution in [2.75, 3.05) is 18.0 Å². The van der Waals surface area contributed by atoms with Gasteiger partial charge >= 0.3 is 0 Å². The quantitative estimate of drug-likeness (QED) is 0.367. The lowest BCUT2D eigenvalue weighted by molar-refractivity contribution is 0.0954. The van der Waals surface area contributed by atoms with Crippen LogP contribution in [0, 0.1) is 34.0 Å². The number of unbranched alkanes of at least 4 members (excludes halogenated alkanes) is 2. The predicted octanol–water partition coefficient (Wildman–Crippen LogP) is 7.19. The van der Waals surface area contributed by atoms with Crippen LogP contribution >= 0.6 is 0 Å². The summed E-state index contributed by atoms with van der Waals surface area (Å²) in [6.45, 7) is 10.2. The standard InChI is InChI=1S/C30H32N4O/c1-5-7-17-34(18-8-6-2)28-16-14-22(24-11-9-10-12-25(24)28)13-15-27-26(21-33)29(23(19-31)20-32)35-30(27,3)4/h9-16H,5-8,17-18H2,1-4H3/b15-13+. The Kier molecular flexibility index (Phi) is 8.35. The Labute approximate surface area is 208 Å². The van der Waals surface area contributed by atoms with Crippen LogP contribution in [0.1, 0.15) is 58.9 Å². The van der Waals surface area contributed by atoms with Gasteiger partial charge in [0.1, 0.15) is 29.4 Å². The summed E-state index contributed by atoms with van der Waals surface area (Å²) in [6.07, 6.45) is 8.50. The van der Waals surface area contributed by atoms with Crippen molar-refractivity contribution in [1.82, 2.24) is 0 Å². The number of benzene rings is 2. The van der Waals surface area contributed by atoms with E-state index in [2.05, 4.69) is 55.1 Å². The molecule has 0 atom stereocenters. The molecule has 0 bridgehead atoms. The molecule has 2 aromatic rings. The van der Waals surface area contributed by atoms with Crippen molar-refractivity contribution < 1.29 is 4.74 Å². The lowest BCUT2D eigenvalue weighted by atomic mass is 9.93. The highest BCUT2D eigenvalue weighted by atomic mass is 16.5. The number of allylic oxidation sites excluding steroid dienone is 2. The van der Waals surface area contributed by atoms with E-state index in [9.17, 15) is 15.8 Å². The smallest absolute Gasteiger partial charge is 0.172 e. The molecular weight excluding hydrogens is 432 g/mol. The van der Waals surface area contributed by atoms with Crippen LogP contribution in [0.5, 0.6) is 0 Å². The monoisotopic (exact) mass is 464 g/mol. The second-order valence-electron chi connectivity index (χ2n) is 9.19. The number of ether oxygens (including phenoxy) is 1. The summed E-state index contributed by atoms with van der Waals surface area (Å²) in [6, 6.07) is 18.6. The van der Waals surface area contributed by atoms with Gasteiger partial charge in [-0.3, -0.25) is 0 Å². The summed E-state index contributed by atoms with van der Waals surface area (Å²) in [5, 5.41) is 30.7. The second kappa shape index (κ2) is 11.4. The highest BCUT2D eigenvalue weighted by Crippen LogP contribution is 2.41. The van der Waals surface area contributed by atoms with Gasteiger partial charge in [-0.25, -0.2) is 0 Å². The SMILES string of the molecule is CCCCN(CCCC)c1ccc(/C=C/C2=C(C#N)C(=C(C#N)C#N)OC2(C)C)c2ccccc12. The molecule has 0 aromatic heterocycles. The molecule has 2 aromatic carbocycles. The van der Waals surface area contributed by atoms with Gasteiger partial charge in [0.25, 0.3) is 0 Å². The first-order chi connectivity index (χ1) is 16.9. The second-order valence-corrected chi connectivity index (χ2v) is 9.19. The van der Waals surface area contributed by atoms with E-state index in [0.29, 0.717) is 5.57 Å². The van der Waals surface area contributed by atoms with E-state index in [0.717, 1.165) is 49.7 Å². The Hall–Kier alpha value is -4.01. The van der Waals surface area contributed by atoms with Gasteiger partial charge in [0.2, 0.25) is 0 Å². The van der Waals surface area contributed by atoms with E-state index in [4.69, 9.17) is 4.74 Å². The fourth-order valence-electron chi connectivity index (χ4n) is 4.43. The largest absolute Gasteiger partial charge is 0.480 e. The van der Waals surface area contributed by atoms with E-state index in [-0.39, 0.29) is 16.9 Å². The van der Waals surface area contributed by atoms with Gasteiger partial charge in [-0.05, 0) is 43.7 Å². The number of rotatable bonds is 9. The average molecular weight is 465 g/mol. The molecular formula is C30H32N4O. The van der Waals surface area contributed by atoms with Crippen molar-refractivity contribution in [1.29, 1.82) is 15.8 Å². The fourth-order valence-corrected chi connectivity index (χ4v) is 4.43. The maximum absolute atomic E-state index is 9.81. The molecule has 0 saturated carbocycles. The van der Waals surface area contributed by atoms with E-state index in [1.807, 2.05) is 44.2 Å². The van der Waals surface area contributed by atoms with E-state index in [1.54, 1.807) is 0 Å². The summed E-state index contributed by atoms with van der Waals surface area (Å²) in [5.74, 6) is 0.0600. The molecule has 0 amide bonds. The minimum absolute atomic E-state index is 0.0600. The van der Waals surface area contributed by atoms with Gasteiger partial charge < -0.3 is 9.64 Å². The molecule has 178 valence electrons. The molecule has 3 rings (SSSR count). The maximum atomic E-state index is 9.81.